The third-order valence-corrected chi connectivity index (χ3v) is 2.68. The highest BCUT2D eigenvalue weighted by molar-refractivity contribution is 5.90. The average molecular weight is 289 g/mol. The molecular weight excluding hydrogens is 274 g/mol. The number of rotatable bonds is 4. The van der Waals surface area contributed by atoms with E-state index in [1.54, 1.807) is 38.4 Å². The third-order valence-electron chi connectivity index (χ3n) is 2.68. The minimum absolute atomic E-state index is 0.0449. The first-order chi connectivity index (χ1) is 10.0. The summed E-state index contributed by atoms with van der Waals surface area (Å²) in [5.74, 6) is 0.667. The summed E-state index contributed by atoms with van der Waals surface area (Å²) in [6, 6.07) is 6.88. The van der Waals surface area contributed by atoms with Crippen molar-refractivity contribution in [3.05, 3.63) is 34.6 Å². The van der Waals surface area contributed by atoms with Gasteiger partial charge in [0.2, 0.25) is 5.91 Å². The Morgan fingerprint density at radius 3 is 2.52 bits per heavy atom. The number of anilines is 1. The molecule has 0 saturated heterocycles. The van der Waals surface area contributed by atoms with Crippen LogP contribution in [0.4, 0.5) is 17.2 Å². The fourth-order valence-corrected chi connectivity index (χ4v) is 1.69. The largest absolute Gasteiger partial charge is 0.497 e. The Morgan fingerprint density at radius 1 is 1.29 bits per heavy atom. The molecule has 1 heterocycles. The van der Waals surface area contributed by atoms with Gasteiger partial charge in [-0.2, -0.15) is 5.11 Å². The highest BCUT2D eigenvalue weighted by Gasteiger charge is 2.13. The monoisotopic (exact) mass is 289 g/mol. The third kappa shape index (κ3) is 3.35. The predicted octanol–water partition coefficient (Wildman–Crippen LogP) is 2.10. The molecule has 1 amide bonds. The van der Waals surface area contributed by atoms with Crippen LogP contribution in [0.5, 0.6) is 5.75 Å². The van der Waals surface area contributed by atoms with Crippen molar-refractivity contribution in [1.29, 1.82) is 0 Å². The highest BCUT2D eigenvalue weighted by Crippen LogP contribution is 2.23. The molecule has 0 atom stereocenters. The number of azo groups is 1. The Bertz CT molecular complexity index is 727. The number of aromatic nitrogens is 2. The molecule has 8 nitrogen and oxygen atoms in total. The van der Waals surface area contributed by atoms with Gasteiger partial charge >= 0.3 is 0 Å². The highest BCUT2D eigenvalue weighted by atomic mass is 16.5. The molecule has 0 aliphatic rings. The lowest BCUT2D eigenvalue weighted by Gasteiger charge is -2.02. The molecule has 21 heavy (non-hydrogen) atoms. The molecule has 0 fully saturated rings. The van der Waals surface area contributed by atoms with Crippen LogP contribution in [0.15, 0.2) is 39.3 Å². The summed E-state index contributed by atoms with van der Waals surface area (Å²) in [5, 5.41) is 12.9. The Hall–Kier alpha value is -2.90. The number of H-pyrrole nitrogens is 1. The Labute approximate surface area is 120 Å². The van der Waals surface area contributed by atoms with Crippen LogP contribution in [-0.4, -0.2) is 22.8 Å². The number of aromatic amines is 1. The lowest BCUT2D eigenvalue weighted by molar-refractivity contribution is -0.114. The van der Waals surface area contributed by atoms with E-state index in [2.05, 4.69) is 20.6 Å². The van der Waals surface area contributed by atoms with Crippen LogP contribution in [0.3, 0.4) is 0 Å². The Kier molecular flexibility index (Phi) is 4.17. The van der Waals surface area contributed by atoms with E-state index >= 15 is 0 Å². The quantitative estimate of drug-likeness (QED) is 0.842. The van der Waals surface area contributed by atoms with Gasteiger partial charge in [-0.3, -0.25) is 19.4 Å². The van der Waals surface area contributed by atoms with E-state index in [1.165, 1.54) is 11.6 Å². The standard InChI is InChI=1S/C13H15N5O3/c1-8(19)14-12-11(13(20)17-18(12)2)16-15-9-4-6-10(21-3)7-5-9/h4-7H,1-3H3,(H,14,19)(H,17,20). The van der Waals surface area contributed by atoms with Crippen LogP contribution >= 0.6 is 0 Å². The molecule has 0 saturated carbocycles. The number of methoxy groups -OCH3 is 1. The van der Waals surface area contributed by atoms with E-state index in [1.807, 2.05) is 0 Å². The maximum Gasteiger partial charge on any atom is 0.294 e. The van der Waals surface area contributed by atoms with Crippen LogP contribution in [0, 0.1) is 0 Å². The van der Waals surface area contributed by atoms with Crippen molar-refractivity contribution in [2.75, 3.05) is 12.4 Å². The van der Waals surface area contributed by atoms with Gasteiger partial charge in [-0.15, -0.1) is 5.11 Å². The van der Waals surface area contributed by atoms with Gasteiger partial charge in [0.15, 0.2) is 11.5 Å². The van der Waals surface area contributed by atoms with Gasteiger partial charge in [-0.05, 0) is 24.3 Å². The first kappa shape index (κ1) is 14.5. The molecule has 8 heteroatoms. The molecule has 110 valence electrons. The van der Waals surface area contributed by atoms with Gasteiger partial charge in [0.05, 0.1) is 12.8 Å². The van der Waals surface area contributed by atoms with E-state index in [4.69, 9.17) is 4.74 Å². The molecule has 0 aliphatic carbocycles. The number of nitrogens with one attached hydrogen (secondary N) is 2. The zero-order valence-corrected chi connectivity index (χ0v) is 11.9. The molecule has 2 aromatic rings. The van der Waals surface area contributed by atoms with Gasteiger partial charge in [0, 0.05) is 14.0 Å². The predicted molar refractivity (Wildman–Crippen MR) is 77.5 cm³/mol. The van der Waals surface area contributed by atoms with Crippen molar-refractivity contribution in [2.45, 2.75) is 6.92 Å². The number of hydrogen-bond acceptors (Lipinski definition) is 5. The molecule has 1 aromatic carbocycles. The number of benzene rings is 1. The van der Waals surface area contributed by atoms with Crippen molar-refractivity contribution >= 4 is 23.1 Å². The average Bonchev–Trinajstić information content (AvgIpc) is 2.71. The summed E-state index contributed by atoms with van der Waals surface area (Å²) in [4.78, 5) is 22.9. The van der Waals surface area contributed by atoms with Crippen molar-refractivity contribution in [3.63, 3.8) is 0 Å². The van der Waals surface area contributed by atoms with Gasteiger partial charge in [0.1, 0.15) is 5.75 Å². The van der Waals surface area contributed by atoms with Gasteiger partial charge in [-0.25, -0.2) is 0 Å². The second-order valence-electron chi connectivity index (χ2n) is 4.28. The van der Waals surface area contributed by atoms with Gasteiger partial charge in [-0.1, -0.05) is 0 Å². The molecule has 0 radical (unpaired) electrons. The number of nitrogens with zero attached hydrogens (tertiary/aromatic N) is 3. The van der Waals surface area contributed by atoms with Crippen LogP contribution in [0.1, 0.15) is 6.92 Å². The smallest absolute Gasteiger partial charge is 0.294 e. The van der Waals surface area contributed by atoms with Crippen LogP contribution in [0.2, 0.25) is 0 Å². The Balaban J connectivity index is 2.31. The first-order valence-corrected chi connectivity index (χ1v) is 6.13. The van der Waals surface area contributed by atoms with Gasteiger partial charge < -0.3 is 10.1 Å². The van der Waals surface area contributed by atoms with Crippen molar-refractivity contribution in [1.82, 2.24) is 9.78 Å². The normalized spacial score (nSPS) is 10.8. The first-order valence-electron chi connectivity index (χ1n) is 6.13. The van der Waals surface area contributed by atoms with Crippen molar-refractivity contribution < 1.29 is 9.53 Å². The number of amides is 1. The Morgan fingerprint density at radius 2 is 1.95 bits per heavy atom. The van der Waals surface area contributed by atoms with Crippen LogP contribution in [-0.2, 0) is 11.8 Å². The van der Waals surface area contributed by atoms with E-state index in [9.17, 15) is 9.59 Å². The van der Waals surface area contributed by atoms with E-state index in [-0.39, 0.29) is 17.4 Å². The van der Waals surface area contributed by atoms with E-state index < -0.39 is 5.56 Å². The summed E-state index contributed by atoms with van der Waals surface area (Å²) in [7, 11) is 3.17. The summed E-state index contributed by atoms with van der Waals surface area (Å²) in [6.45, 7) is 1.35. The lowest BCUT2D eigenvalue weighted by Crippen LogP contribution is -2.09. The minimum atomic E-state index is -0.432. The van der Waals surface area contributed by atoms with Crippen molar-refractivity contribution in [3.8, 4) is 5.75 Å². The molecule has 0 spiro atoms. The molecule has 0 aliphatic heterocycles. The molecule has 2 N–H and O–H groups in total. The van der Waals surface area contributed by atoms with Gasteiger partial charge in [0.25, 0.3) is 5.56 Å². The summed E-state index contributed by atoms with van der Waals surface area (Å²) in [5.41, 5.74) is 0.176. The SMILES string of the molecule is COc1ccc(N=Nc2c(NC(C)=O)n(C)[nH]c2=O)cc1. The maximum absolute atomic E-state index is 11.8. The number of ether oxygens (including phenoxy) is 1. The van der Waals surface area contributed by atoms with Crippen LogP contribution in [0.25, 0.3) is 0 Å². The number of carbonyl (C=O) groups excluding carboxylic acids is 1. The number of hydrogen-bond donors (Lipinski definition) is 2. The lowest BCUT2D eigenvalue weighted by atomic mass is 10.3. The maximum atomic E-state index is 11.8. The molecule has 1 aromatic heterocycles. The topological polar surface area (TPSA) is 101 Å². The molecule has 0 unspecified atom stereocenters. The zero-order chi connectivity index (χ0) is 15.4. The molecular formula is C13H15N5O3. The van der Waals surface area contributed by atoms with Crippen LogP contribution < -0.4 is 15.6 Å². The summed E-state index contributed by atoms with van der Waals surface area (Å²) < 4.78 is 6.42. The fraction of sp³-hybridized carbons (Fsp3) is 0.231. The molecule has 2 rings (SSSR count). The molecule has 0 bridgehead atoms. The minimum Gasteiger partial charge on any atom is -0.497 e. The summed E-state index contributed by atoms with van der Waals surface area (Å²) in [6.07, 6.45) is 0. The zero-order valence-electron chi connectivity index (χ0n) is 11.9. The fourth-order valence-electron chi connectivity index (χ4n) is 1.69. The second-order valence-corrected chi connectivity index (χ2v) is 4.28. The number of aryl methyl sites for hydroxylation is 1. The number of carbonyl (C=O) groups is 1. The van der Waals surface area contributed by atoms with Crippen molar-refractivity contribution in [2.24, 2.45) is 17.3 Å². The van der Waals surface area contributed by atoms with E-state index in [0.717, 1.165) is 0 Å². The van der Waals surface area contributed by atoms with E-state index in [0.29, 0.717) is 11.4 Å². The second kappa shape index (κ2) is 6.04. The summed E-state index contributed by atoms with van der Waals surface area (Å²) >= 11 is 0.